The summed E-state index contributed by atoms with van der Waals surface area (Å²) < 4.78 is 12.5. The van der Waals surface area contributed by atoms with Crippen molar-refractivity contribution in [2.75, 3.05) is 33.4 Å². The van der Waals surface area contributed by atoms with Crippen LogP contribution < -0.4 is 0 Å². The molecule has 22 heavy (non-hydrogen) atoms. The van der Waals surface area contributed by atoms with E-state index in [4.69, 9.17) is 19.8 Å². The van der Waals surface area contributed by atoms with Crippen LogP contribution in [-0.4, -0.2) is 77.3 Å². The number of carboxylic acids is 2. The quantitative estimate of drug-likeness (QED) is 0.564. The molecule has 0 aliphatic carbocycles. The Balaban J connectivity index is 0.000000626. The van der Waals surface area contributed by atoms with Crippen molar-refractivity contribution in [3.63, 3.8) is 0 Å². The molecule has 0 spiro atoms. The van der Waals surface area contributed by atoms with Gasteiger partial charge >= 0.3 is 11.9 Å². The first-order valence-electron chi connectivity index (χ1n) is 6.73. The monoisotopic (exact) mass is 316 g/mol. The number of amides is 1. The maximum absolute atomic E-state index is 12.5. The lowest BCUT2D eigenvalue weighted by Gasteiger charge is -2.18. The molecule has 0 radical (unpaired) electrons. The van der Waals surface area contributed by atoms with Crippen molar-refractivity contribution in [1.82, 2.24) is 9.80 Å². The van der Waals surface area contributed by atoms with E-state index in [1.54, 1.807) is 11.9 Å². The average Bonchev–Trinajstić information content (AvgIpc) is 2.91. The smallest absolute Gasteiger partial charge is 0.414 e. The van der Waals surface area contributed by atoms with E-state index < -0.39 is 11.9 Å². The lowest BCUT2D eigenvalue weighted by atomic mass is 10.2. The van der Waals surface area contributed by atoms with Crippen molar-refractivity contribution in [2.24, 2.45) is 0 Å². The van der Waals surface area contributed by atoms with Crippen LogP contribution in [0.2, 0.25) is 0 Å². The molecule has 0 unspecified atom stereocenters. The van der Waals surface area contributed by atoms with Crippen molar-refractivity contribution in [3.8, 4) is 11.8 Å². The van der Waals surface area contributed by atoms with Crippen molar-refractivity contribution >= 4 is 17.8 Å². The Morgan fingerprint density at radius 3 is 2.32 bits per heavy atom. The molecular formula is C14H21FN2O5. The number of rotatable bonds is 3. The zero-order chi connectivity index (χ0) is 17.1. The van der Waals surface area contributed by atoms with Gasteiger partial charge in [0, 0.05) is 20.0 Å². The molecule has 0 saturated carbocycles. The predicted molar refractivity (Wildman–Crippen MR) is 76.9 cm³/mol. The van der Waals surface area contributed by atoms with E-state index in [-0.39, 0.29) is 18.6 Å². The molecule has 1 fully saturated rings. The van der Waals surface area contributed by atoms with Gasteiger partial charge in [0.25, 0.3) is 0 Å². The number of carbonyl (C=O) groups excluding carboxylic acids is 1. The second-order valence-corrected chi connectivity index (χ2v) is 4.76. The Labute approximate surface area is 128 Å². The Kier molecular flexibility index (Phi) is 9.54. The molecule has 2 N–H and O–H groups in total. The summed E-state index contributed by atoms with van der Waals surface area (Å²) in [5, 5.41) is 14.8. The van der Waals surface area contributed by atoms with Crippen LogP contribution in [0.5, 0.6) is 0 Å². The second-order valence-electron chi connectivity index (χ2n) is 4.76. The van der Waals surface area contributed by atoms with E-state index in [2.05, 4.69) is 16.7 Å². The highest BCUT2D eigenvalue weighted by Gasteiger charge is 2.22. The summed E-state index contributed by atoms with van der Waals surface area (Å²) in [4.78, 5) is 32.7. The van der Waals surface area contributed by atoms with E-state index >= 15 is 0 Å². The number of nitrogens with zero attached hydrogens (tertiary/aromatic N) is 2. The standard InChI is InChI=1S/C12H19FN2O.C2H2O4/c1-11(16)14(2)7-3-4-8-15-9-5-6-12(15)10-13;3-1(4)2(5)6/h12H,5-10H2,1-2H3;(H,3,4)(H,5,6)/t12-;/m1./s1. The molecule has 124 valence electrons. The predicted octanol–water partition coefficient (Wildman–Crippen LogP) is 0.0576. The summed E-state index contributed by atoms with van der Waals surface area (Å²) >= 11 is 0. The van der Waals surface area contributed by atoms with E-state index in [9.17, 15) is 9.18 Å². The number of hydrogen-bond acceptors (Lipinski definition) is 4. The first kappa shape index (κ1) is 19.9. The van der Waals surface area contributed by atoms with Gasteiger partial charge in [-0.15, -0.1) is 0 Å². The largest absolute Gasteiger partial charge is 0.473 e. The van der Waals surface area contributed by atoms with Gasteiger partial charge in [0.15, 0.2) is 0 Å². The number of hydrogen-bond donors (Lipinski definition) is 2. The highest BCUT2D eigenvalue weighted by Crippen LogP contribution is 2.16. The van der Waals surface area contributed by atoms with Gasteiger partial charge in [0.05, 0.1) is 13.1 Å². The van der Waals surface area contributed by atoms with E-state index in [1.807, 2.05) is 0 Å². The summed E-state index contributed by atoms with van der Waals surface area (Å²) in [6.07, 6.45) is 2.00. The molecule has 7 nitrogen and oxygen atoms in total. The third-order valence-corrected chi connectivity index (χ3v) is 3.12. The van der Waals surface area contributed by atoms with Crippen LogP contribution in [0, 0.1) is 11.8 Å². The number of carbonyl (C=O) groups is 3. The molecule has 8 heteroatoms. The summed E-state index contributed by atoms with van der Waals surface area (Å²) in [6, 6.07) is 0.0554. The number of carboxylic acid groups (broad SMARTS) is 2. The summed E-state index contributed by atoms with van der Waals surface area (Å²) in [6.45, 7) is 3.23. The minimum absolute atomic E-state index is 0.0112. The minimum Gasteiger partial charge on any atom is -0.473 e. The topological polar surface area (TPSA) is 98.2 Å². The highest BCUT2D eigenvalue weighted by atomic mass is 19.1. The van der Waals surface area contributed by atoms with Crippen LogP contribution in [0.25, 0.3) is 0 Å². The molecule has 0 aromatic heterocycles. The van der Waals surface area contributed by atoms with Crippen LogP contribution in [0.3, 0.4) is 0 Å². The van der Waals surface area contributed by atoms with Crippen LogP contribution in [-0.2, 0) is 14.4 Å². The lowest BCUT2D eigenvalue weighted by Crippen LogP contribution is -2.31. The summed E-state index contributed by atoms with van der Waals surface area (Å²) in [5.41, 5.74) is 0. The maximum Gasteiger partial charge on any atom is 0.414 e. The summed E-state index contributed by atoms with van der Waals surface area (Å²) in [5.74, 6) is 2.28. The molecule has 1 amide bonds. The Morgan fingerprint density at radius 1 is 1.27 bits per heavy atom. The van der Waals surface area contributed by atoms with Crippen LogP contribution in [0.1, 0.15) is 19.8 Å². The average molecular weight is 316 g/mol. The molecule has 1 atom stereocenters. The third-order valence-electron chi connectivity index (χ3n) is 3.12. The van der Waals surface area contributed by atoms with Gasteiger partial charge in [0.1, 0.15) is 6.67 Å². The third kappa shape index (κ3) is 8.21. The van der Waals surface area contributed by atoms with Crippen molar-refractivity contribution in [2.45, 2.75) is 25.8 Å². The second kappa shape index (κ2) is 10.6. The molecule has 1 aliphatic rings. The van der Waals surface area contributed by atoms with Crippen molar-refractivity contribution in [3.05, 3.63) is 0 Å². The van der Waals surface area contributed by atoms with Gasteiger partial charge in [-0.3, -0.25) is 9.69 Å². The highest BCUT2D eigenvalue weighted by molar-refractivity contribution is 6.27. The van der Waals surface area contributed by atoms with Gasteiger partial charge < -0.3 is 15.1 Å². The molecule has 1 saturated heterocycles. The molecule has 0 aromatic rings. The number of alkyl halides is 1. The van der Waals surface area contributed by atoms with Gasteiger partial charge in [-0.25, -0.2) is 14.0 Å². The zero-order valence-electron chi connectivity index (χ0n) is 12.7. The SMILES string of the molecule is CC(=O)N(C)CC#CCN1CCC[C@@H]1CF.O=C(O)C(=O)O. The Bertz CT molecular complexity index is 446. The van der Waals surface area contributed by atoms with E-state index in [0.29, 0.717) is 13.1 Å². The van der Waals surface area contributed by atoms with Gasteiger partial charge in [-0.05, 0) is 19.4 Å². The lowest BCUT2D eigenvalue weighted by molar-refractivity contribution is -0.159. The van der Waals surface area contributed by atoms with Gasteiger partial charge in [0.2, 0.25) is 5.91 Å². The fourth-order valence-electron chi connectivity index (χ4n) is 1.72. The number of likely N-dealkylation sites (tertiary alicyclic amines) is 1. The van der Waals surface area contributed by atoms with Crippen LogP contribution in [0.4, 0.5) is 4.39 Å². The van der Waals surface area contributed by atoms with Crippen molar-refractivity contribution < 1.29 is 29.0 Å². The van der Waals surface area contributed by atoms with Gasteiger partial charge in [-0.1, -0.05) is 11.8 Å². The molecule has 1 aliphatic heterocycles. The molecule has 0 aromatic carbocycles. The zero-order valence-corrected chi connectivity index (χ0v) is 12.7. The Hall–Kier alpha value is -2.14. The molecular weight excluding hydrogens is 295 g/mol. The van der Waals surface area contributed by atoms with Crippen LogP contribution in [0.15, 0.2) is 0 Å². The Morgan fingerprint density at radius 2 is 1.86 bits per heavy atom. The first-order chi connectivity index (χ1) is 10.3. The number of aliphatic carboxylic acids is 2. The van der Waals surface area contributed by atoms with Crippen LogP contribution >= 0.6 is 0 Å². The molecule has 1 heterocycles. The van der Waals surface area contributed by atoms with E-state index in [1.165, 1.54) is 6.92 Å². The normalized spacial score (nSPS) is 16.8. The fraction of sp³-hybridized carbons (Fsp3) is 0.643. The van der Waals surface area contributed by atoms with Crippen molar-refractivity contribution in [1.29, 1.82) is 0 Å². The fourth-order valence-corrected chi connectivity index (χ4v) is 1.72. The first-order valence-corrected chi connectivity index (χ1v) is 6.73. The van der Waals surface area contributed by atoms with Gasteiger partial charge in [-0.2, -0.15) is 0 Å². The minimum atomic E-state index is -1.82. The number of halogens is 1. The molecule has 0 bridgehead atoms. The molecule has 1 rings (SSSR count). The maximum atomic E-state index is 12.5. The summed E-state index contributed by atoms with van der Waals surface area (Å²) in [7, 11) is 1.72. The van der Waals surface area contributed by atoms with E-state index in [0.717, 1.165) is 19.4 Å².